The zero-order valence-corrected chi connectivity index (χ0v) is 13.9. The molecule has 3 aliphatic rings. The Morgan fingerprint density at radius 3 is 1.60 bits per heavy atom. The largest absolute Gasteiger partial charge is 0.314 e. The van der Waals surface area contributed by atoms with Crippen molar-refractivity contribution in [1.82, 2.24) is 15.1 Å². The molecular formula is C17H33N3. The summed E-state index contributed by atoms with van der Waals surface area (Å²) in [4.78, 5) is 5.50. The highest BCUT2D eigenvalue weighted by molar-refractivity contribution is 4.95. The van der Waals surface area contributed by atoms with Crippen molar-refractivity contribution in [2.75, 3.05) is 39.3 Å². The van der Waals surface area contributed by atoms with Gasteiger partial charge in [-0.25, -0.2) is 0 Å². The van der Waals surface area contributed by atoms with Crippen molar-refractivity contribution < 1.29 is 0 Å². The molecule has 0 atom stereocenters. The normalized spacial score (nSPS) is 33.0. The van der Waals surface area contributed by atoms with Crippen LogP contribution in [0.15, 0.2) is 0 Å². The van der Waals surface area contributed by atoms with Crippen LogP contribution in [0.1, 0.15) is 47.0 Å². The molecule has 2 aliphatic heterocycles. The van der Waals surface area contributed by atoms with E-state index in [9.17, 15) is 0 Å². The molecule has 3 fully saturated rings. The van der Waals surface area contributed by atoms with E-state index in [1.807, 2.05) is 0 Å². The first-order chi connectivity index (χ1) is 9.35. The summed E-state index contributed by atoms with van der Waals surface area (Å²) in [6.45, 7) is 17.4. The second-order valence-electron chi connectivity index (χ2n) is 8.95. The Balaban J connectivity index is 1.56. The highest BCUT2D eigenvalue weighted by Crippen LogP contribution is 2.47. The van der Waals surface area contributed by atoms with E-state index < -0.39 is 0 Å². The molecule has 3 rings (SSSR count). The van der Waals surface area contributed by atoms with Crippen LogP contribution in [-0.4, -0.2) is 61.2 Å². The third-order valence-electron chi connectivity index (χ3n) is 5.68. The maximum Gasteiger partial charge on any atom is 0.0346 e. The van der Waals surface area contributed by atoms with Crippen molar-refractivity contribution in [2.24, 2.45) is 10.8 Å². The van der Waals surface area contributed by atoms with Gasteiger partial charge in [-0.05, 0) is 30.1 Å². The van der Waals surface area contributed by atoms with Crippen molar-refractivity contribution in [3.63, 3.8) is 0 Å². The standard InChI is InChI=1S/C17H33N3/c1-16(2)9-14(10-17(3,4)13-16)19-5-7-20(8-6-19)15-11-18-12-15/h14-15,18H,5-13H2,1-4H3. The van der Waals surface area contributed by atoms with Gasteiger partial charge in [-0.3, -0.25) is 9.80 Å². The molecule has 3 nitrogen and oxygen atoms in total. The van der Waals surface area contributed by atoms with E-state index in [-0.39, 0.29) is 0 Å². The van der Waals surface area contributed by atoms with Gasteiger partial charge in [-0.15, -0.1) is 0 Å². The van der Waals surface area contributed by atoms with E-state index in [1.165, 1.54) is 58.5 Å². The molecule has 3 heteroatoms. The fraction of sp³-hybridized carbons (Fsp3) is 1.00. The first-order valence-electron chi connectivity index (χ1n) is 8.54. The molecule has 116 valence electrons. The van der Waals surface area contributed by atoms with Crippen LogP contribution in [0, 0.1) is 10.8 Å². The molecular weight excluding hydrogens is 246 g/mol. The van der Waals surface area contributed by atoms with Crippen LogP contribution < -0.4 is 5.32 Å². The number of nitrogens with zero attached hydrogens (tertiary/aromatic N) is 2. The highest BCUT2D eigenvalue weighted by atomic mass is 15.3. The molecule has 1 saturated carbocycles. The lowest BCUT2D eigenvalue weighted by Crippen LogP contribution is -2.63. The van der Waals surface area contributed by atoms with Gasteiger partial charge in [0.1, 0.15) is 0 Å². The van der Waals surface area contributed by atoms with Crippen LogP contribution in [0.25, 0.3) is 0 Å². The van der Waals surface area contributed by atoms with Crippen molar-refractivity contribution in [3.8, 4) is 0 Å². The van der Waals surface area contributed by atoms with Crippen molar-refractivity contribution in [1.29, 1.82) is 0 Å². The van der Waals surface area contributed by atoms with Crippen LogP contribution in [0.4, 0.5) is 0 Å². The van der Waals surface area contributed by atoms with Gasteiger partial charge in [-0.2, -0.15) is 0 Å². The minimum atomic E-state index is 0.515. The van der Waals surface area contributed by atoms with Gasteiger partial charge in [0.05, 0.1) is 0 Å². The van der Waals surface area contributed by atoms with E-state index in [2.05, 4.69) is 42.8 Å². The highest BCUT2D eigenvalue weighted by Gasteiger charge is 2.41. The molecule has 0 bridgehead atoms. The minimum Gasteiger partial charge on any atom is -0.314 e. The summed E-state index contributed by atoms with van der Waals surface area (Å²) in [6, 6.07) is 1.65. The molecule has 0 unspecified atom stereocenters. The number of piperazine rings is 1. The second-order valence-corrected chi connectivity index (χ2v) is 8.95. The van der Waals surface area contributed by atoms with Gasteiger partial charge >= 0.3 is 0 Å². The molecule has 0 radical (unpaired) electrons. The summed E-state index contributed by atoms with van der Waals surface area (Å²) >= 11 is 0. The van der Waals surface area contributed by atoms with Gasteiger partial charge in [0.25, 0.3) is 0 Å². The molecule has 0 aromatic rings. The van der Waals surface area contributed by atoms with Crippen molar-refractivity contribution in [2.45, 2.75) is 59.0 Å². The third kappa shape index (κ3) is 3.20. The first-order valence-corrected chi connectivity index (χ1v) is 8.54. The molecule has 2 saturated heterocycles. The van der Waals surface area contributed by atoms with Crippen LogP contribution >= 0.6 is 0 Å². The fourth-order valence-corrected chi connectivity index (χ4v) is 5.05. The monoisotopic (exact) mass is 279 g/mol. The number of nitrogens with one attached hydrogen (secondary N) is 1. The Kier molecular flexibility index (Phi) is 3.89. The maximum absolute atomic E-state index is 3.40. The van der Waals surface area contributed by atoms with Crippen molar-refractivity contribution in [3.05, 3.63) is 0 Å². The average molecular weight is 279 g/mol. The molecule has 0 amide bonds. The molecule has 0 aromatic heterocycles. The first kappa shape index (κ1) is 14.8. The van der Waals surface area contributed by atoms with Gasteiger partial charge < -0.3 is 5.32 Å². The van der Waals surface area contributed by atoms with Gasteiger partial charge in [0.15, 0.2) is 0 Å². The summed E-state index contributed by atoms with van der Waals surface area (Å²) in [5, 5.41) is 3.40. The Morgan fingerprint density at radius 1 is 0.750 bits per heavy atom. The molecule has 1 aliphatic carbocycles. The van der Waals surface area contributed by atoms with Crippen LogP contribution in [0.3, 0.4) is 0 Å². The lowest BCUT2D eigenvalue weighted by atomic mass is 9.63. The smallest absolute Gasteiger partial charge is 0.0346 e. The summed E-state index contributed by atoms with van der Waals surface area (Å²) in [7, 11) is 0. The van der Waals surface area contributed by atoms with E-state index in [1.54, 1.807) is 0 Å². The second kappa shape index (κ2) is 5.26. The quantitative estimate of drug-likeness (QED) is 0.836. The predicted octanol–water partition coefficient (Wildman–Crippen LogP) is 2.18. The van der Waals surface area contributed by atoms with Gasteiger partial charge in [-0.1, -0.05) is 27.7 Å². The molecule has 0 aromatic carbocycles. The Hall–Kier alpha value is -0.120. The summed E-state index contributed by atoms with van der Waals surface area (Å²) in [5.41, 5.74) is 1.03. The van der Waals surface area contributed by atoms with Crippen LogP contribution in [0.2, 0.25) is 0 Å². The lowest BCUT2D eigenvalue weighted by molar-refractivity contribution is -0.00951. The zero-order valence-electron chi connectivity index (χ0n) is 13.9. The molecule has 20 heavy (non-hydrogen) atoms. The number of hydrogen-bond donors (Lipinski definition) is 1. The summed E-state index contributed by atoms with van der Waals surface area (Å²) in [5.74, 6) is 0. The Labute approximate surface area is 125 Å². The maximum atomic E-state index is 3.40. The van der Waals surface area contributed by atoms with E-state index in [4.69, 9.17) is 0 Å². The van der Waals surface area contributed by atoms with Crippen LogP contribution in [-0.2, 0) is 0 Å². The van der Waals surface area contributed by atoms with Gasteiger partial charge in [0, 0.05) is 51.4 Å². The molecule has 2 heterocycles. The number of hydrogen-bond acceptors (Lipinski definition) is 3. The third-order valence-corrected chi connectivity index (χ3v) is 5.68. The topological polar surface area (TPSA) is 18.5 Å². The minimum absolute atomic E-state index is 0.515. The van der Waals surface area contributed by atoms with Crippen molar-refractivity contribution >= 4 is 0 Å². The zero-order chi connectivity index (χ0) is 14.4. The summed E-state index contributed by atoms with van der Waals surface area (Å²) < 4.78 is 0. The summed E-state index contributed by atoms with van der Waals surface area (Å²) in [6.07, 6.45) is 4.16. The van der Waals surface area contributed by atoms with E-state index in [0.29, 0.717) is 10.8 Å². The molecule has 0 spiro atoms. The van der Waals surface area contributed by atoms with E-state index in [0.717, 1.165) is 12.1 Å². The van der Waals surface area contributed by atoms with E-state index >= 15 is 0 Å². The SMILES string of the molecule is CC1(C)CC(N2CCN(C3CNC3)CC2)CC(C)(C)C1. The average Bonchev–Trinajstić information content (AvgIpc) is 2.23. The predicted molar refractivity (Wildman–Crippen MR) is 85.0 cm³/mol. The molecule has 1 N–H and O–H groups in total. The fourth-order valence-electron chi connectivity index (χ4n) is 5.05. The Morgan fingerprint density at radius 2 is 1.20 bits per heavy atom. The number of rotatable bonds is 2. The lowest BCUT2D eigenvalue weighted by Gasteiger charge is -2.51. The van der Waals surface area contributed by atoms with Gasteiger partial charge in [0.2, 0.25) is 0 Å². The Bertz CT molecular complexity index is 322. The van der Waals surface area contributed by atoms with Crippen LogP contribution in [0.5, 0.6) is 0 Å².